The minimum atomic E-state index is -5.04. The molecule has 0 atom stereocenters. The molecule has 2 N–H and O–H groups in total. The van der Waals surface area contributed by atoms with Gasteiger partial charge >= 0.3 is 12.7 Å². The monoisotopic (exact) mass is 508 g/mol. The van der Waals surface area contributed by atoms with Crippen molar-refractivity contribution in [3.05, 3.63) is 48.0 Å². The molecule has 0 fully saturated rings. The van der Waals surface area contributed by atoms with Gasteiger partial charge in [0.15, 0.2) is 11.6 Å². The molecule has 4 rings (SSSR count). The first kappa shape index (κ1) is 23.7. The second-order valence-corrected chi connectivity index (χ2v) is 6.46. The van der Waals surface area contributed by atoms with Crippen molar-refractivity contribution in [3.8, 4) is 11.5 Å². The van der Waals surface area contributed by atoms with Gasteiger partial charge in [0, 0.05) is 12.1 Å². The molecule has 0 radical (unpaired) electrons. The highest BCUT2D eigenvalue weighted by Crippen LogP contribution is 2.33. The van der Waals surface area contributed by atoms with E-state index in [1.165, 1.54) is 0 Å². The molecular formula is C18H8F8N6O3. The lowest BCUT2D eigenvalue weighted by Gasteiger charge is -2.14. The minimum Gasteiger partial charge on any atom is -0.406 e. The molecule has 4 aromatic rings. The molecule has 0 amide bonds. The largest absolute Gasteiger partial charge is 0.573 e. The Morgan fingerprint density at radius 2 is 1.06 bits per heavy atom. The number of ether oxygens (including phenoxy) is 2. The zero-order valence-electron chi connectivity index (χ0n) is 16.5. The van der Waals surface area contributed by atoms with Crippen molar-refractivity contribution in [2.75, 3.05) is 10.6 Å². The summed E-state index contributed by atoms with van der Waals surface area (Å²) < 4.78 is 114. The van der Waals surface area contributed by atoms with Crippen molar-refractivity contribution in [2.24, 2.45) is 0 Å². The Hall–Kier alpha value is -4.44. The van der Waals surface area contributed by atoms with Crippen LogP contribution in [0.25, 0.3) is 11.3 Å². The molecule has 9 nitrogen and oxygen atoms in total. The number of rotatable bonds is 6. The van der Waals surface area contributed by atoms with Crippen molar-refractivity contribution in [2.45, 2.75) is 12.7 Å². The Balaban J connectivity index is 1.65. The van der Waals surface area contributed by atoms with Crippen LogP contribution in [0.4, 0.5) is 58.1 Å². The van der Waals surface area contributed by atoms with Gasteiger partial charge in [0.05, 0.1) is 11.4 Å². The second kappa shape index (κ2) is 8.73. The molecule has 2 heterocycles. The van der Waals surface area contributed by atoms with Gasteiger partial charge in [-0.05, 0) is 34.6 Å². The highest BCUT2D eigenvalue weighted by atomic mass is 19.4. The summed E-state index contributed by atoms with van der Waals surface area (Å²) in [6, 6.07) is 4.33. The second-order valence-electron chi connectivity index (χ2n) is 6.46. The predicted octanol–water partition coefficient (Wildman–Crippen LogP) is 5.58. The summed E-state index contributed by atoms with van der Waals surface area (Å²) in [6.45, 7) is 0. The van der Waals surface area contributed by atoms with Crippen LogP contribution in [-0.4, -0.2) is 33.0 Å². The summed E-state index contributed by atoms with van der Waals surface area (Å²) >= 11 is 0. The molecule has 0 aliphatic carbocycles. The molecule has 0 saturated heterocycles. The van der Waals surface area contributed by atoms with Gasteiger partial charge in [-0.25, -0.2) is 23.4 Å². The van der Waals surface area contributed by atoms with Crippen LogP contribution in [0.3, 0.4) is 0 Å². The fourth-order valence-corrected chi connectivity index (χ4v) is 2.66. The fourth-order valence-electron chi connectivity index (χ4n) is 2.66. The highest BCUT2D eigenvalue weighted by Gasteiger charge is 2.32. The lowest BCUT2D eigenvalue weighted by Crippen LogP contribution is -2.17. The molecule has 2 aromatic carbocycles. The molecule has 0 spiro atoms. The highest BCUT2D eigenvalue weighted by molar-refractivity contribution is 5.79. The van der Waals surface area contributed by atoms with E-state index < -0.39 is 35.9 Å². The zero-order chi connectivity index (χ0) is 25.4. The summed E-state index contributed by atoms with van der Waals surface area (Å²) in [5, 5.41) is 11.8. The average molecular weight is 508 g/mol. The Labute approximate surface area is 187 Å². The number of fused-ring (bicyclic) bond motifs is 1. The molecule has 17 heteroatoms. The Kier molecular flexibility index (Phi) is 5.91. The quantitative estimate of drug-likeness (QED) is 0.323. The van der Waals surface area contributed by atoms with E-state index in [-0.39, 0.29) is 34.3 Å². The van der Waals surface area contributed by atoms with Crippen LogP contribution in [0.15, 0.2) is 41.0 Å². The standard InChI is InChI=1S/C18H8F8N6O3/c19-9-5-7(33-17(21,22)23)1-3-11(9)27-13-14(30-16-15(29-13)31-35-32-16)28-12-4-2-8(6-10(12)20)34-18(24,25)26/h1-6H,(H,27,29,31)(H,28,30,32). The number of benzene rings is 2. The molecule has 35 heavy (non-hydrogen) atoms. The average Bonchev–Trinajstić information content (AvgIpc) is 3.17. The van der Waals surface area contributed by atoms with E-state index >= 15 is 0 Å². The molecular weight excluding hydrogens is 500 g/mol. The van der Waals surface area contributed by atoms with Gasteiger partial charge in [-0.15, -0.1) is 26.3 Å². The Morgan fingerprint density at radius 3 is 1.40 bits per heavy atom. The van der Waals surface area contributed by atoms with Crippen molar-refractivity contribution >= 4 is 34.3 Å². The molecule has 0 saturated carbocycles. The third-order valence-corrected chi connectivity index (χ3v) is 3.97. The number of hydrogen-bond acceptors (Lipinski definition) is 9. The number of halogens is 8. The first-order chi connectivity index (χ1) is 16.4. The van der Waals surface area contributed by atoms with Gasteiger partial charge in [0.1, 0.15) is 23.1 Å². The van der Waals surface area contributed by atoms with Gasteiger partial charge in [0.25, 0.3) is 0 Å². The predicted molar refractivity (Wildman–Crippen MR) is 100 cm³/mol. The maximum Gasteiger partial charge on any atom is 0.573 e. The molecule has 2 aromatic heterocycles. The number of alkyl halides is 6. The number of nitrogens with zero attached hydrogens (tertiary/aromatic N) is 4. The first-order valence-corrected chi connectivity index (χ1v) is 9.01. The Bertz CT molecular complexity index is 1270. The topological polar surface area (TPSA) is 107 Å². The maximum atomic E-state index is 14.4. The third kappa shape index (κ3) is 5.92. The summed E-state index contributed by atoms with van der Waals surface area (Å²) in [5.74, 6) is -4.65. The molecule has 0 aliphatic heterocycles. The number of aromatic nitrogens is 4. The van der Waals surface area contributed by atoms with Crippen molar-refractivity contribution in [1.29, 1.82) is 0 Å². The molecule has 184 valence electrons. The van der Waals surface area contributed by atoms with Gasteiger partial charge in [0.2, 0.25) is 11.3 Å². The normalized spacial score (nSPS) is 12.0. The van der Waals surface area contributed by atoms with E-state index in [1.54, 1.807) is 0 Å². The van der Waals surface area contributed by atoms with Gasteiger partial charge in [-0.3, -0.25) is 0 Å². The van der Waals surface area contributed by atoms with E-state index in [9.17, 15) is 35.1 Å². The lowest BCUT2D eigenvalue weighted by atomic mass is 10.2. The van der Waals surface area contributed by atoms with Crippen LogP contribution in [0.2, 0.25) is 0 Å². The van der Waals surface area contributed by atoms with Crippen LogP contribution in [0.5, 0.6) is 11.5 Å². The summed E-state index contributed by atoms with van der Waals surface area (Å²) in [6.07, 6.45) is -10.1. The van der Waals surface area contributed by atoms with Gasteiger partial charge in [-0.1, -0.05) is 0 Å². The summed E-state index contributed by atoms with van der Waals surface area (Å²) in [4.78, 5) is 7.94. The third-order valence-electron chi connectivity index (χ3n) is 3.97. The van der Waals surface area contributed by atoms with Crippen molar-refractivity contribution in [1.82, 2.24) is 20.3 Å². The minimum absolute atomic E-state index is 0.176. The lowest BCUT2D eigenvalue weighted by molar-refractivity contribution is -0.275. The van der Waals surface area contributed by atoms with E-state index in [4.69, 9.17) is 0 Å². The number of anilines is 4. The van der Waals surface area contributed by atoms with E-state index in [0.29, 0.717) is 12.1 Å². The van der Waals surface area contributed by atoms with Crippen molar-refractivity contribution in [3.63, 3.8) is 0 Å². The number of hydrogen-bond donors (Lipinski definition) is 2. The molecule has 0 unspecified atom stereocenters. The van der Waals surface area contributed by atoms with Crippen LogP contribution in [0, 0.1) is 11.6 Å². The smallest absolute Gasteiger partial charge is 0.406 e. The summed E-state index contributed by atoms with van der Waals surface area (Å²) in [5.41, 5.74) is -1.13. The Morgan fingerprint density at radius 1 is 0.657 bits per heavy atom. The maximum absolute atomic E-state index is 14.4. The zero-order valence-corrected chi connectivity index (χ0v) is 16.5. The summed E-state index contributed by atoms with van der Waals surface area (Å²) in [7, 11) is 0. The van der Waals surface area contributed by atoms with Gasteiger partial charge < -0.3 is 20.1 Å². The van der Waals surface area contributed by atoms with Crippen LogP contribution in [0.1, 0.15) is 0 Å². The van der Waals surface area contributed by atoms with E-state index in [2.05, 4.69) is 45.0 Å². The van der Waals surface area contributed by atoms with Crippen LogP contribution in [-0.2, 0) is 0 Å². The van der Waals surface area contributed by atoms with Crippen LogP contribution < -0.4 is 20.1 Å². The van der Waals surface area contributed by atoms with Crippen LogP contribution >= 0.6 is 0 Å². The van der Waals surface area contributed by atoms with Crippen molar-refractivity contribution < 1.29 is 49.2 Å². The fraction of sp³-hybridized carbons (Fsp3) is 0.111. The molecule has 0 aliphatic rings. The number of nitrogens with one attached hydrogen (secondary N) is 2. The van der Waals surface area contributed by atoms with E-state index in [0.717, 1.165) is 24.3 Å². The SMILES string of the molecule is Fc1cc(OC(F)(F)F)ccc1Nc1nc2nonc2nc1Nc1ccc(OC(F)(F)F)cc1F. The first-order valence-electron chi connectivity index (χ1n) is 9.01. The van der Waals surface area contributed by atoms with Gasteiger partial charge in [-0.2, -0.15) is 0 Å². The van der Waals surface area contributed by atoms with E-state index in [1.807, 2.05) is 0 Å². The molecule has 0 bridgehead atoms.